The number of pyridine rings is 1. The van der Waals surface area contributed by atoms with Gasteiger partial charge in [-0.05, 0) is 18.6 Å². The van der Waals surface area contributed by atoms with Crippen LogP contribution in [0.4, 0.5) is 0 Å². The molecule has 0 aliphatic rings. The molecule has 0 amide bonds. The molecule has 2 aromatic carbocycles. The summed E-state index contributed by atoms with van der Waals surface area (Å²) in [5, 5.41) is 11.6. The average molecular weight is 251 g/mol. The number of hydrogen-bond donors (Lipinski definition) is 2. The summed E-state index contributed by atoms with van der Waals surface area (Å²) in [5.74, 6) is 0.124. The van der Waals surface area contributed by atoms with Crippen LogP contribution in [0.2, 0.25) is 0 Å². The molecule has 0 spiro atoms. The number of aryl methyl sites for hydroxylation is 1. The maximum absolute atomic E-state index is 12.1. The van der Waals surface area contributed by atoms with Crippen LogP contribution in [0.3, 0.4) is 0 Å². The molecule has 0 saturated carbocycles. The van der Waals surface area contributed by atoms with Gasteiger partial charge in [-0.25, -0.2) is 0 Å². The Bertz CT molecular complexity index is 804. The van der Waals surface area contributed by atoms with E-state index in [1.165, 1.54) is 0 Å². The molecule has 19 heavy (non-hydrogen) atoms. The van der Waals surface area contributed by atoms with Crippen LogP contribution in [0, 0.1) is 6.92 Å². The van der Waals surface area contributed by atoms with Crippen molar-refractivity contribution in [3.63, 3.8) is 0 Å². The number of H-pyrrole nitrogens is 1. The third-order valence-corrected chi connectivity index (χ3v) is 3.29. The molecule has 3 rings (SSSR count). The van der Waals surface area contributed by atoms with E-state index in [1.807, 2.05) is 49.4 Å². The van der Waals surface area contributed by atoms with Crippen LogP contribution in [0.15, 0.2) is 53.3 Å². The highest BCUT2D eigenvalue weighted by Gasteiger charge is 2.13. The maximum atomic E-state index is 12.1. The number of aromatic amines is 1. The summed E-state index contributed by atoms with van der Waals surface area (Å²) in [5.41, 5.74) is 1.96. The van der Waals surface area contributed by atoms with Crippen molar-refractivity contribution in [3.05, 3.63) is 64.4 Å². The molecule has 1 aromatic heterocycles. The minimum atomic E-state index is -0.185. The Labute approximate surface area is 110 Å². The first kappa shape index (κ1) is 11.5. The molecule has 0 saturated heterocycles. The molecular formula is C16H13NO2. The largest absolute Gasteiger partial charge is 0.505 e. The second kappa shape index (κ2) is 4.28. The van der Waals surface area contributed by atoms with Crippen molar-refractivity contribution in [3.8, 4) is 17.0 Å². The van der Waals surface area contributed by atoms with Gasteiger partial charge in [-0.2, -0.15) is 0 Å². The van der Waals surface area contributed by atoms with Crippen LogP contribution < -0.4 is 5.56 Å². The number of rotatable bonds is 1. The fourth-order valence-corrected chi connectivity index (χ4v) is 2.35. The number of benzene rings is 2. The molecule has 0 aliphatic carbocycles. The lowest BCUT2D eigenvalue weighted by atomic mass is 10.0. The van der Waals surface area contributed by atoms with Crippen molar-refractivity contribution >= 4 is 10.8 Å². The maximum Gasteiger partial charge on any atom is 0.256 e. The van der Waals surface area contributed by atoms with E-state index in [9.17, 15) is 9.90 Å². The molecule has 0 unspecified atom stereocenters. The first-order chi connectivity index (χ1) is 9.18. The van der Waals surface area contributed by atoms with Crippen molar-refractivity contribution in [2.75, 3.05) is 0 Å². The zero-order valence-corrected chi connectivity index (χ0v) is 10.5. The fraction of sp³-hybridized carbons (Fsp3) is 0.0625. The summed E-state index contributed by atoms with van der Waals surface area (Å²) in [4.78, 5) is 14.9. The number of aromatic hydroxyl groups is 1. The zero-order chi connectivity index (χ0) is 13.4. The number of hydrogen-bond acceptors (Lipinski definition) is 2. The summed E-state index contributed by atoms with van der Waals surface area (Å²) in [7, 11) is 0. The van der Waals surface area contributed by atoms with E-state index in [-0.39, 0.29) is 11.3 Å². The van der Waals surface area contributed by atoms with E-state index in [4.69, 9.17) is 0 Å². The molecule has 3 nitrogen and oxygen atoms in total. The number of fused-ring (bicyclic) bond motifs is 1. The average Bonchev–Trinajstić information content (AvgIpc) is 2.43. The minimum Gasteiger partial charge on any atom is -0.505 e. The van der Waals surface area contributed by atoms with Crippen molar-refractivity contribution in [1.29, 1.82) is 0 Å². The topological polar surface area (TPSA) is 53.1 Å². The normalized spacial score (nSPS) is 10.8. The van der Waals surface area contributed by atoms with E-state index < -0.39 is 0 Å². The van der Waals surface area contributed by atoms with Crippen molar-refractivity contribution in [2.24, 2.45) is 0 Å². The second-order valence-corrected chi connectivity index (χ2v) is 4.54. The van der Waals surface area contributed by atoms with Crippen molar-refractivity contribution in [1.82, 2.24) is 4.98 Å². The number of nitrogens with one attached hydrogen (secondary N) is 1. The van der Waals surface area contributed by atoms with E-state index in [0.29, 0.717) is 16.5 Å². The monoisotopic (exact) mass is 251 g/mol. The highest BCUT2D eigenvalue weighted by atomic mass is 16.3. The molecule has 3 aromatic rings. The van der Waals surface area contributed by atoms with Gasteiger partial charge in [0.25, 0.3) is 5.56 Å². The predicted molar refractivity (Wildman–Crippen MR) is 76.4 cm³/mol. The van der Waals surface area contributed by atoms with Gasteiger partial charge in [0, 0.05) is 10.9 Å². The van der Waals surface area contributed by atoms with Crippen LogP contribution in [0.1, 0.15) is 5.56 Å². The Kier molecular flexibility index (Phi) is 2.60. The van der Waals surface area contributed by atoms with Crippen molar-refractivity contribution in [2.45, 2.75) is 6.92 Å². The van der Waals surface area contributed by atoms with Crippen LogP contribution in [-0.2, 0) is 0 Å². The molecule has 0 fully saturated rings. The molecule has 3 heteroatoms. The van der Waals surface area contributed by atoms with Gasteiger partial charge >= 0.3 is 0 Å². The third kappa shape index (κ3) is 1.80. The van der Waals surface area contributed by atoms with Gasteiger partial charge in [0.2, 0.25) is 0 Å². The Balaban J connectivity index is 2.44. The van der Waals surface area contributed by atoms with Gasteiger partial charge in [0.15, 0.2) is 0 Å². The van der Waals surface area contributed by atoms with Crippen LogP contribution in [0.25, 0.3) is 22.0 Å². The van der Waals surface area contributed by atoms with Gasteiger partial charge in [0.05, 0.1) is 11.1 Å². The van der Waals surface area contributed by atoms with E-state index in [2.05, 4.69) is 4.98 Å². The van der Waals surface area contributed by atoms with Gasteiger partial charge in [-0.15, -0.1) is 0 Å². The lowest BCUT2D eigenvalue weighted by Crippen LogP contribution is -2.08. The van der Waals surface area contributed by atoms with Gasteiger partial charge in [-0.3, -0.25) is 4.79 Å². The molecule has 0 aliphatic heterocycles. The third-order valence-electron chi connectivity index (χ3n) is 3.29. The Hall–Kier alpha value is -2.55. The highest BCUT2D eigenvalue weighted by Crippen LogP contribution is 2.33. The van der Waals surface area contributed by atoms with Crippen LogP contribution in [-0.4, -0.2) is 10.1 Å². The highest BCUT2D eigenvalue weighted by molar-refractivity contribution is 5.94. The van der Waals surface area contributed by atoms with Crippen molar-refractivity contribution < 1.29 is 5.11 Å². The zero-order valence-electron chi connectivity index (χ0n) is 10.5. The smallest absolute Gasteiger partial charge is 0.256 e. The Morgan fingerprint density at radius 3 is 2.47 bits per heavy atom. The molecular weight excluding hydrogens is 238 g/mol. The molecule has 2 N–H and O–H groups in total. The van der Waals surface area contributed by atoms with E-state index in [1.54, 1.807) is 6.07 Å². The van der Waals surface area contributed by atoms with Gasteiger partial charge in [0.1, 0.15) is 5.75 Å². The molecule has 0 atom stereocenters. The van der Waals surface area contributed by atoms with Gasteiger partial charge in [-0.1, -0.05) is 42.5 Å². The standard InChI is InChI=1S/C16H13NO2/c1-10-6-5-9-12-13(10)15(18)14(17-16(12)19)11-7-3-2-4-8-11/h2-9,18H,1H3,(H,17,19). The van der Waals surface area contributed by atoms with E-state index >= 15 is 0 Å². The predicted octanol–water partition coefficient (Wildman–Crippen LogP) is 3.21. The fourth-order valence-electron chi connectivity index (χ4n) is 2.35. The SMILES string of the molecule is Cc1cccc2c(=O)[nH]c(-c3ccccc3)c(O)c12. The Morgan fingerprint density at radius 1 is 1.00 bits per heavy atom. The molecule has 0 radical (unpaired) electrons. The molecule has 0 bridgehead atoms. The van der Waals surface area contributed by atoms with E-state index in [0.717, 1.165) is 11.1 Å². The summed E-state index contributed by atoms with van der Waals surface area (Å²) < 4.78 is 0. The van der Waals surface area contributed by atoms with Gasteiger partial charge < -0.3 is 10.1 Å². The second-order valence-electron chi connectivity index (χ2n) is 4.54. The summed E-state index contributed by atoms with van der Waals surface area (Å²) in [6.07, 6.45) is 0. The summed E-state index contributed by atoms with van der Waals surface area (Å²) >= 11 is 0. The first-order valence-electron chi connectivity index (χ1n) is 6.08. The number of aromatic nitrogens is 1. The lowest BCUT2D eigenvalue weighted by Gasteiger charge is -2.09. The quantitative estimate of drug-likeness (QED) is 0.697. The molecule has 94 valence electrons. The minimum absolute atomic E-state index is 0.124. The summed E-state index contributed by atoms with van der Waals surface area (Å²) in [6.45, 7) is 1.89. The lowest BCUT2D eigenvalue weighted by molar-refractivity contribution is 0.481. The molecule has 1 heterocycles. The van der Waals surface area contributed by atoms with Crippen LogP contribution in [0.5, 0.6) is 5.75 Å². The Morgan fingerprint density at radius 2 is 1.74 bits per heavy atom. The van der Waals surface area contributed by atoms with Crippen LogP contribution >= 0.6 is 0 Å². The summed E-state index contributed by atoms with van der Waals surface area (Å²) in [6, 6.07) is 14.8. The first-order valence-corrected chi connectivity index (χ1v) is 6.08.